The van der Waals surface area contributed by atoms with Crippen LogP contribution in [-0.4, -0.2) is 49.1 Å². The number of hydrogen-bond donors (Lipinski definition) is 1. The van der Waals surface area contributed by atoms with Gasteiger partial charge in [-0.3, -0.25) is 4.90 Å². The van der Waals surface area contributed by atoms with Gasteiger partial charge in [0.05, 0.1) is 0 Å². The second-order valence-corrected chi connectivity index (χ2v) is 5.74. The highest BCUT2D eigenvalue weighted by Gasteiger charge is 2.25. The normalized spacial score (nSPS) is 19.6. The maximum atomic E-state index is 13.4. The first-order valence-corrected chi connectivity index (χ1v) is 7.56. The Labute approximate surface area is 122 Å². The number of piperazine rings is 1. The van der Waals surface area contributed by atoms with E-state index in [1.807, 2.05) is 0 Å². The fraction of sp³-hybridized carbons (Fsp3) is 0.571. The third kappa shape index (κ3) is 3.54. The number of benzene rings is 1. The van der Waals surface area contributed by atoms with Crippen molar-refractivity contribution in [3.63, 3.8) is 0 Å². The van der Waals surface area contributed by atoms with Crippen LogP contribution in [0, 0.1) is 5.82 Å². The fourth-order valence-electron chi connectivity index (χ4n) is 2.63. The molecule has 0 radical (unpaired) electrons. The minimum atomic E-state index is -0.205. The molecule has 5 heteroatoms. The van der Waals surface area contributed by atoms with E-state index in [1.165, 1.54) is 6.07 Å². The highest BCUT2D eigenvalue weighted by atomic mass is 79.9. The average molecular weight is 330 g/mol. The summed E-state index contributed by atoms with van der Waals surface area (Å²) in [5.41, 5.74) is 6.87. The fourth-order valence-corrected chi connectivity index (χ4v) is 3.14. The van der Waals surface area contributed by atoms with Crippen molar-refractivity contribution in [3.05, 3.63) is 34.1 Å². The summed E-state index contributed by atoms with van der Waals surface area (Å²) in [6, 6.07) is 4.91. The molecule has 1 heterocycles. The predicted octanol–water partition coefficient (Wildman–Crippen LogP) is 2.23. The molecule has 0 amide bonds. The highest BCUT2D eigenvalue weighted by Crippen LogP contribution is 2.28. The van der Waals surface area contributed by atoms with Gasteiger partial charge in [-0.2, -0.15) is 0 Å². The molecule has 1 saturated heterocycles. The molecule has 2 N–H and O–H groups in total. The smallest absolute Gasteiger partial charge is 0.123 e. The summed E-state index contributed by atoms with van der Waals surface area (Å²) in [4.78, 5) is 4.77. The minimum Gasteiger partial charge on any atom is -0.329 e. The molecule has 1 atom stereocenters. The van der Waals surface area contributed by atoms with E-state index in [-0.39, 0.29) is 11.9 Å². The van der Waals surface area contributed by atoms with Crippen LogP contribution in [0.2, 0.25) is 0 Å². The van der Waals surface area contributed by atoms with Crippen LogP contribution in [-0.2, 0) is 0 Å². The van der Waals surface area contributed by atoms with Crippen molar-refractivity contribution < 1.29 is 4.39 Å². The van der Waals surface area contributed by atoms with Crippen LogP contribution in [0.15, 0.2) is 22.7 Å². The van der Waals surface area contributed by atoms with Gasteiger partial charge in [0.2, 0.25) is 0 Å². The molecule has 1 fully saturated rings. The van der Waals surface area contributed by atoms with Crippen LogP contribution >= 0.6 is 15.9 Å². The SMILES string of the molecule is CCN1CCN(C(CN)c2cc(F)ccc2Br)CC1. The molecule has 19 heavy (non-hydrogen) atoms. The maximum absolute atomic E-state index is 13.4. The molecule has 106 valence electrons. The van der Waals surface area contributed by atoms with Crippen LogP contribution in [0.5, 0.6) is 0 Å². The molecule has 1 aliphatic rings. The van der Waals surface area contributed by atoms with Gasteiger partial charge < -0.3 is 10.6 Å². The molecule has 1 aliphatic heterocycles. The van der Waals surface area contributed by atoms with Crippen LogP contribution in [0.1, 0.15) is 18.5 Å². The summed E-state index contributed by atoms with van der Waals surface area (Å²) in [6.07, 6.45) is 0. The van der Waals surface area contributed by atoms with Gasteiger partial charge in [0, 0.05) is 43.2 Å². The van der Waals surface area contributed by atoms with Crippen molar-refractivity contribution in [2.75, 3.05) is 39.3 Å². The van der Waals surface area contributed by atoms with E-state index in [4.69, 9.17) is 5.73 Å². The molecule has 0 aromatic heterocycles. The predicted molar refractivity (Wildman–Crippen MR) is 79.6 cm³/mol. The van der Waals surface area contributed by atoms with Crippen molar-refractivity contribution in [1.29, 1.82) is 0 Å². The van der Waals surface area contributed by atoms with Gasteiger partial charge >= 0.3 is 0 Å². The number of halogens is 2. The molecule has 2 rings (SSSR count). The van der Waals surface area contributed by atoms with Crippen molar-refractivity contribution in [2.45, 2.75) is 13.0 Å². The Morgan fingerprint density at radius 3 is 2.58 bits per heavy atom. The van der Waals surface area contributed by atoms with E-state index in [1.54, 1.807) is 12.1 Å². The first kappa shape index (κ1) is 14.9. The zero-order valence-corrected chi connectivity index (χ0v) is 12.9. The zero-order chi connectivity index (χ0) is 13.8. The van der Waals surface area contributed by atoms with E-state index in [0.29, 0.717) is 6.54 Å². The molecule has 1 aromatic rings. The van der Waals surface area contributed by atoms with Gasteiger partial charge in [0.1, 0.15) is 5.82 Å². The molecule has 0 saturated carbocycles. The quantitative estimate of drug-likeness (QED) is 0.919. The molecule has 1 unspecified atom stereocenters. The Kier molecular flexibility index (Phi) is 5.33. The first-order chi connectivity index (χ1) is 9.15. The van der Waals surface area contributed by atoms with Gasteiger partial charge in [0.15, 0.2) is 0 Å². The number of nitrogens with two attached hydrogens (primary N) is 1. The summed E-state index contributed by atoms with van der Waals surface area (Å²) in [7, 11) is 0. The molecule has 3 nitrogen and oxygen atoms in total. The first-order valence-electron chi connectivity index (χ1n) is 6.77. The second-order valence-electron chi connectivity index (χ2n) is 4.89. The summed E-state index contributed by atoms with van der Waals surface area (Å²) in [6.45, 7) is 7.86. The third-order valence-corrected chi connectivity index (χ3v) is 4.56. The Morgan fingerprint density at radius 1 is 1.32 bits per heavy atom. The van der Waals surface area contributed by atoms with Crippen LogP contribution < -0.4 is 5.73 Å². The maximum Gasteiger partial charge on any atom is 0.123 e. The molecular formula is C14H21BrFN3. The molecule has 0 aliphatic carbocycles. The number of hydrogen-bond acceptors (Lipinski definition) is 3. The lowest BCUT2D eigenvalue weighted by Crippen LogP contribution is -2.48. The largest absolute Gasteiger partial charge is 0.329 e. The summed E-state index contributed by atoms with van der Waals surface area (Å²) in [5.74, 6) is -0.205. The summed E-state index contributed by atoms with van der Waals surface area (Å²) < 4.78 is 14.4. The van der Waals surface area contributed by atoms with E-state index >= 15 is 0 Å². The second kappa shape index (κ2) is 6.79. The van der Waals surface area contributed by atoms with Crippen molar-refractivity contribution >= 4 is 15.9 Å². The summed E-state index contributed by atoms with van der Waals surface area (Å²) >= 11 is 3.50. The van der Waals surface area contributed by atoms with Gasteiger partial charge in [-0.1, -0.05) is 22.9 Å². The highest BCUT2D eigenvalue weighted by molar-refractivity contribution is 9.10. The topological polar surface area (TPSA) is 32.5 Å². The van der Waals surface area contributed by atoms with E-state index < -0.39 is 0 Å². The van der Waals surface area contributed by atoms with Crippen molar-refractivity contribution in [2.24, 2.45) is 5.73 Å². The molecule has 0 bridgehead atoms. The van der Waals surface area contributed by atoms with Crippen molar-refractivity contribution in [3.8, 4) is 0 Å². The zero-order valence-electron chi connectivity index (χ0n) is 11.3. The van der Waals surface area contributed by atoms with Crippen LogP contribution in [0.3, 0.4) is 0 Å². The lowest BCUT2D eigenvalue weighted by Gasteiger charge is -2.39. The summed E-state index contributed by atoms with van der Waals surface area (Å²) in [5, 5.41) is 0. The van der Waals surface area contributed by atoms with Crippen LogP contribution in [0.4, 0.5) is 4.39 Å². The average Bonchev–Trinajstić information content (AvgIpc) is 2.44. The van der Waals surface area contributed by atoms with Gasteiger partial charge in [-0.05, 0) is 30.3 Å². The number of likely N-dealkylation sites (N-methyl/N-ethyl adjacent to an activating group) is 1. The Balaban J connectivity index is 2.14. The van der Waals surface area contributed by atoms with E-state index in [2.05, 4.69) is 32.7 Å². The Bertz CT molecular complexity index is 419. The van der Waals surface area contributed by atoms with E-state index in [9.17, 15) is 4.39 Å². The Hall–Kier alpha value is -0.490. The molecule has 1 aromatic carbocycles. The standard InChI is InChI=1S/C14H21BrFN3/c1-2-18-5-7-19(8-6-18)14(10-17)12-9-11(16)3-4-13(12)15/h3-4,9,14H,2,5-8,10,17H2,1H3. The van der Waals surface area contributed by atoms with Crippen molar-refractivity contribution in [1.82, 2.24) is 9.80 Å². The van der Waals surface area contributed by atoms with Crippen LogP contribution in [0.25, 0.3) is 0 Å². The van der Waals surface area contributed by atoms with Gasteiger partial charge in [0.25, 0.3) is 0 Å². The minimum absolute atomic E-state index is 0.0871. The van der Waals surface area contributed by atoms with Gasteiger partial charge in [-0.25, -0.2) is 4.39 Å². The molecule has 0 spiro atoms. The third-order valence-electron chi connectivity index (χ3n) is 3.84. The molecular weight excluding hydrogens is 309 g/mol. The lowest BCUT2D eigenvalue weighted by molar-refractivity contribution is 0.102. The number of rotatable bonds is 4. The lowest BCUT2D eigenvalue weighted by atomic mass is 10.0. The van der Waals surface area contributed by atoms with E-state index in [0.717, 1.165) is 42.8 Å². The van der Waals surface area contributed by atoms with Gasteiger partial charge in [-0.15, -0.1) is 0 Å². The monoisotopic (exact) mass is 329 g/mol. The Morgan fingerprint density at radius 2 is 2.00 bits per heavy atom. The number of nitrogens with zero attached hydrogens (tertiary/aromatic N) is 2.